The fraction of sp³-hybridized carbons (Fsp3) is 0.500. The standard InChI is InChI=1S/C16H20BrNO4/c1-11-5-6-12(16(20)21)10-18(11)15(19)7-8-22-14-4-2-3-13(17)9-14/h2-4,9,11-12H,5-8,10H2,1H3,(H,20,21). The number of carbonyl (C=O) groups is 2. The maximum Gasteiger partial charge on any atom is 0.308 e. The lowest BCUT2D eigenvalue weighted by molar-refractivity contribution is -0.147. The summed E-state index contributed by atoms with van der Waals surface area (Å²) in [5.74, 6) is -0.619. The van der Waals surface area contributed by atoms with E-state index < -0.39 is 11.9 Å². The van der Waals surface area contributed by atoms with E-state index in [-0.39, 0.29) is 25.0 Å². The highest BCUT2D eigenvalue weighted by Gasteiger charge is 2.32. The number of aliphatic carboxylic acids is 1. The normalized spacial score (nSPS) is 21.5. The van der Waals surface area contributed by atoms with E-state index in [2.05, 4.69) is 15.9 Å². The first-order valence-corrected chi connectivity index (χ1v) is 8.17. The Morgan fingerprint density at radius 3 is 2.86 bits per heavy atom. The molecule has 1 aromatic rings. The Morgan fingerprint density at radius 2 is 2.18 bits per heavy atom. The number of nitrogens with zero attached hydrogens (tertiary/aromatic N) is 1. The average molecular weight is 370 g/mol. The van der Waals surface area contributed by atoms with Crippen molar-refractivity contribution in [3.63, 3.8) is 0 Å². The number of ether oxygens (including phenoxy) is 1. The fourth-order valence-corrected chi connectivity index (χ4v) is 2.99. The van der Waals surface area contributed by atoms with Crippen LogP contribution in [0.2, 0.25) is 0 Å². The molecule has 1 fully saturated rings. The van der Waals surface area contributed by atoms with Gasteiger partial charge in [-0.15, -0.1) is 0 Å². The van der Waals surface area contributed by atoms with E-state index in [0.29, 0.717) is 18.7 Å². The van der Waals surface area contributed by atoms with Gasteiger partial charge in [0.25, 0.3) is 0 Å². The Labute approximate surface area is 138 Å². The highest BCUT2D eigenvalue weighted by atomic mass is 79.9. The third-order valence-electron chi connectivity index (χ3n) is 3.93. The Hall–Kier alpha value is -1.56. The molecule has 2 atom stereocenters. The van der Waals surface area contributed by atoms with Crippen LogP contribution in [-0.4, -0.2) is 41.1 Å². The van der Waals surface area contributed by atoms with E-state index in [1.54, 1.807) is 4.90 Å². The van der Waals surface area contributed by atoms with Gasteiger partial charge in [0.15, 0.2) is 0 Å². The van der Waals surface area contributed by atoms with Crippen LogP contribution < -0.4 is 4.74 Å². The summed E-state index contributed by atoms with van der Waals surface area (Å²) in [6.07, 6.45) is 1.62. The second-order valence-corrected chi connectivity index (χ2v) is 6.48. The van der Waals surface area contributed by atoms with Gasteiger partial charge in [0, 0.05) is 17.1 Å². The summed E-state index contributed by atoms with van der Waals surface area (Å²) in [6, 6.07) is 7.53. The number of carboxylic acids is 1. The average Bonchev–Trinajstić information content (AvgIpc) is 2.47. The van der Waals surface area contributed by atoms with Gasteiger partial charge in [-0.3, -0.25) is 9.59 Å². The third-order valence-corrected chi connectivity index (χ3v) is 4.43. The summed E-state index contributed by atoms with van der Waals surface area (Å²) in [4.78, 5) is 25.0. The lowest BCUT2D eigenvalue weighted by atomic mass is 9.93. The minimum atomic E-state index is -0.824. The van der Waals surface area contributed by atoms with Crippen molar-refractivity contribution in [2.24, 2.45) is 5.92 Å². The zero-order valence-electron chi connectivity index (χ0n) is 12.5. The van der Waals surface area contributed by atoms with Crippen LogP contribution in [0.5, 0.6) is 5.75 Å². The zero-order chi connectivity index (χ0) is 16.1. The molecule has 6 heteroatoms. The quantitative estimate of drug-likeness (QED) is 0.866. The SMILES string of the molecule is CC1CCC(C(=O)O)CN1C(=O)CCOc1cccc(Br)c1. The van der Waals surface area contributed by atoms with Crippen molar-refractivity contribution in [2.75, 3.05) is 13.2 Å². The van der Waals surface area contributed by atoms with Gasteiger partial charge in [0.2, 0.25) is 5.91 Å². The number of likely N-dealkylation sites (tertiary alicyclic amines) is 1. The van der Waals surface area contributed by atoms with Gasteiger partial charge in [-0.05, 0) is 38.0 Å². The van der Waals surface area contributed by atoms with E-state index in [1.807, 2.05) is 31.2 Å². The molecule has 0 saturated carbocycles. The van der Waals surface area contributed by atoms with Crippen LogP contribution in [0, 0.1) is 5.92 Å². The van der Waals surface area contributed by atoms with E-state index in [0.717, 1.165) is 10.9 Å². The molecule has 0 aromatic heterocycles. The minimum absolute atomic E-state index is 0.0477. The molecule has 120 valence electrons. The lowest BCUT2D eigenvalue weighted by Crippen LogP contribution is -2.47. The van der Waals surface area contributed by atoms with E-state index in [4.69, 9.17) is 9.84 Å². The molecule has 2 unspecified atom stereocenters. The number of halogens is 1. The van der Waals surface area contributed by atoms with E-state index >= 15 is 0 Å². The molecular formula is C16H20BrNO4. The van der Waals surface area contributed by atoms with E-state index in [9.17, 15) is 9.59 Å². The maximum atomic E-state index is 12.3. The van der Waals surface area contributed by atoms with Gasteiger partial charge >= 0.3 is 5.97 Å². The number of carbonyl (C=O) groups excluding carboxylic acids is 1. The molecule has 1 saturated heterocycles. The summed E-state index contributed by atoms with van der Waals surface area (Å²) < 4.78 is 6.49. The Morgan fingerprint density at radius 1 is 1.41 bits per heavy atom. The van der Waals surface area contributed by atoms with Crippen molar-refractivity contribution >= 4 is 27.8 Å². The monoisotopic (exact) mass is 369 g/mol. The molecule has 0 radical (unpaired) electrons. The highest BCUT2D eigenvalue weighted by Crippen LogP contribution is 2.23. The van der Waals surface area contributed by atoms with Crippen molar-refractivity contribution < 1.29 is 19.4 Å². The second-order valence-electron chi connectivity index (χ2n) is 5.56. The van der Waals surface area contributed by atoms with Crippen LogP contribution in [0.3, 0.4) is 0 Å². The number of benzene rings is 1. The van der Waals surface area contributed by atoms with Crippen LogP contribution in [0.4, 0.5) is 0 Å². The number of hydrogen-bond acceptors (Lipinski definition) is 3. The number of amides is 1. The second kappa shape index (κ2) is 7.63. The van der Waals surface area contributed by atoms with Gasteiger partial charge in [-0.1, -0.05) is 22.0 Å². The van der Waals surface area contributed by atoms with Gasteiger partial charge < -0.3 is 14.7 Å². The molecule has 0 aliphatic carbocycles. The largest absolute Gasteiger partial charge is 0.493 e. The van der Waals surface area contributed by atoms with Crippen LogP contribution in [0.1, 0.15) is 26.2 Å². The first-order valence-electron chi connectivity index (χ1n) is 7.38. The lowest BCUT2D eigenvalue weighted by Gasteiger charge is -2.36. The summed E-state index contributed by atoms with van der Waals surface area (Å²) in [7, 11) is 0. The summed E-state index contributed by atoms with van der Waals surface area (Å²) >= 11 is 3.36. The molecule has 2 rings (SSSR count). The van der Waals surface area contributed by atoms with Crippen molar-refractivity contribution in [2.45, 2.75) is 32.2 Å². The topological polar surface area (TPSA) is 66.8 Å². The molecule has 1 heterocycles. The molecule has 1 aliphatic heterocycles. The Balaban J connectivity index is 1.84. The minimum Gasteiger partial charge on any atom is -0.493 e. The number of piperidine rings is 1. The van der Waals surface area contributed by atoms with Crippen molar-refractivity contribution in [3.8, 4) is 5.75 Å². The highest BCUT2D eigenvalue weighted by molar-refractivity contribution is 9.10. The molecule has 5 nitrogen and oxygen atoms in total. The Bertz CT molecular complexity index is 549. The van der Waals surface area contributed by atoms with E-state index in [1.165, 1.54) is 0 Å². The van der Waals surface area contributed by atoms with Crippen molar-refractivity contribution in [1.82, 2.24) is 4.90 Å². The molecule has 1 N–H and O–H groups in total. The van der Waals surface area contributed by atoms with Crippen LogP contribution in [-0.2, 0) is 9.59 Å². The summed E-state index contributed by atoms with van der Waals surface area (Å²) in [5, 5.41) is 9.11. The zero-order valence-corrected chi connectivity index (χ0v) is 14.1. The molecule has 1 amide bonds. The van der Waals surface area contributed by atoms with Crippen LogP contribution >= 0.6 is 15.9 Å². The fourth-order valence-electron chi connectivity index (χ4n) is 2.61. The molecule has 22 heavy (non-hydrogen) atoms. The molecule has 0 spiro atoms. The third kappa shape index (κ3) is 4.47. The smallest absolute Gasteiger partial charge is 0.308 e. The Kier molecular flexibility index (Phi) is 5.83. The van der Waals surface area contributed by atoms with Gasteiger partial charge in [0.1, 0.15) is 5.75 Å². The molecule has 1 aliphatic rings. The van der Waals surface area contributed by atoms with Gasteiger partial charge in [-0.25, -0.2) is 0 Å². The molecule has 0 bridgehead atoms. The van der Waals surface area contributed by atoms with Crippen LogP contribution in [0.25, 0.3) is 0 Å². The summed E-state index contributed by atoms with van der Waals surface area (Å²) in [6.45, 7) is 2.55. The predicted molar refractivity (Wildman–Crippen MR) is 85.8 cm³/mol. The molecular weight excluding hydrogens is 350 g/mol. The first-order chi connectivity index (χ1) is 10.5. The maximum absolute atomic E-state index is 12.3. The number of hydrogen-bond donors (Lipinski definition) is 1. The van der Waals surface area contributed by atoms with Crippen LogP contribution in [0.15, 0.2) is 28.7 Å². The number of carboxylic acid groups (broad SMARTS) is 1. The van der Waals surface area contributed by atoms with Gasteiger partial charge in [0.05, 0.1) is 18.9 Å². The molecule has 1 aromatic carbocycles. The number of rotatable bonds is 5. The van der Waals surface area contributed by atoms with Crippen molar-refractivity contribution in [3.05, 3.63) is 28.7 Å². The summed E-state index contributed by atoms with van der Waals surface area (Å²) in [5.41, 5.74) is 0. The first kappa shape index (κ1) is 16.8. The predicted octanol–water partition coefficient (Wildman–Crippen LogP) is 2.93. The van der Waals surface area contributed by atoms with Gasteiger partial charge in [-0.2, -0.15) is 0 Å². The van der Waals surface area contributed by atoms with Crippen molar-refractivity contribution in [1.29, 1.82) is 0 Å².